The van der Waals surface area contributed by atoms with Crippen LogP contribution in [0.15, 0.2) is 30.3 Å². The number of rotatable bonds is 21. The fourth-order valence-electron chi connectivity index (χ4n) is 4.82. The van der Waals surface area contributed by atoms with E-state index in [0.717, 1.165) is 0 Å². The maximum Gasteiger partial charge on any atom is 0.104 e. The average molecular weight is 452 g/mol. The Morgan fingerprint density at radius 3 is 1.32 bits per heavy atom. The minimum Gasteiger partial charge on any atom is -1.00 e. The summed E-state index contributed by atoms with van der Waals surface area (Å²) < 4.78 is 1.32. The van der Waals surface area contributed by atoms with Crippen LogP contribution in [0.25, 0.3) is 0 Å². The maximum atomic E-state index is 2.35. The Kier molecular flexibility index (Phi) is 21.0. The summed E-state index contributed by atoms with van der Waals surface area (Å²) in [6.45, 7) is 12.3. The summed E-state index contributed by atoms with van der Waals surface area (Å²) in [5, 5.41) is 0. The van der Waals surface area contributed by atoms with Crippen LogP contribution in [0.4, 0.5) is 0 Å². The fourth-order valence-corrected chi connectivity index (χ4v) is 4.82. The number of hydrogen-bond acceptors (Lipinski definition) is 0. The Morgan fingerprint density at radius 2 is 0.871 bits per heavy atom. The Morgan fingerprint density at radius 1 is 0.484 bits per heavy atom. The monoisotopic (exact) mass is 451 g/mol. The van der Waals surface area contributed by atoms with Crippen molar-refractivity contribution in [2.75, 3.05) is 19.6 Å². The molecule has 1 aromatic carbocycles. The highest BCUT2D eigenvalue weighted by atomic mass is 35.5. The number of benzene rings is 1. The minimum atomic E-state index is 0. The Hall–Kier alpha value is -0.530. The predicted molar refractivity (Wildman–Crippen MR) is 136 cm³/mol. The summed E-state index contributed by atoms with van der Waals surface area (Å²) in [4.78, 5) is 0. The van der Waals surface area contributed by atoms with E-state index in [4.69, 9.17) is 0 Å². The number of nitrogens with zero attached hydrogens (tertiary/aromatic N) is 1. The van der Waals surface area contributed by atoms with E-state index in [1.807, 2.05) is 0 Å². The van der Waals surface area contributed by atoms with Gasteiger partial charge in [-0.25, -0.2) is 0 Å². The maximum absolute atomic E-state index is 2.35. The van der Waals surface area contributed by atoms with Crippen LogP contribution < -0.4 is 12.4 Å². The van der Waals surface area contributed by atoms with Crippen LogP contribution in [0.5, 0.6) is 0 Å². The lowest BCUT2D eigenvalue weighted by Crippen LogP contribution is -3.00. The summed E-state index contributed by atoms with van der Waals surface area (Å²) in [7, 11) is 0. The molecule has 0 atom stereocenters. The first-order chi connectivity index (χ1) is 14.8. The summed E-state index contributed by atoms with van der Waals surface area (Å²) in [5.41, 5.74) is 1.53. The highest BCUT2D eigenvalue weighted by Gasteiger charge is 2.26. The van der Waals surface area contributed by atoms with Crippen molar-refractivity contribution in [2.24, 2.45) is 0 Å². The zero-order valence-corrected chi connectivity index (χ0v) is 22.1. The van der Waals surface area contributed by atoms with Gasteiger partial charge in [-0.1, -0.05) is 128 Å². The van der Waals surface area contributed by atoms with Gasteiger partial charge in [-0.2, -0.15) is 0 Å². The van der Waals surface area contributed by atoms with Gasteiger partial charge in [0.2, 0.25) is 0 Å². The number of unbranched alkanes of at least 4 members (excludes halogenated alkanes) is 13. The van der Waals surface area contributed by atoms with Crippen molar-refractivity contribution in [3.63, 3.8) is 0 Å². The van der Waals surface area contributed by atoms with Gasteiger partial charge < -0.3 is 16.9 Å². The Labute approximate surface area is 202 Å². The molecule has 0 aromatic heterocycles. The molecule has 0 fully saturated rings. The van der Waals surface area contributed by atoms with Crippen LogP contribution in [0.1, 0.15) is 129 Å². The molecule has 0 saturated heterocycles. The van der Waals surface area contributed by atoms with Crippen LogP contribution >= 0.6 is 0 Å². The van der Waals surface area contributed by atoms with Crippen molar-refractivity contribution < 1.29 is 16.9 Å². The van der Waals surface area contributed by atoms with Gasteiger partial charge >= 0.3 is 0 Å². The van der Waals surface area contributed by atoms with E-state index < -0.39 is 0 Å². The molecule has 0 aliphatic carbocycles. The Bertz CT molecular complexity index is 465. The van der Waals surface area contributed by atoms with E-state index in [1.54, 1.807) is 0 Å². The molecule has 0 aliphatic heterocycles. The van der Waals surface area contributed by atoms with E-state index in [1.165, 1.54) is 139 Å². The van der Waals surface area contributed by atoms with Gasteiger partial charge in [0.1, 0.15) is 6.54 Å². The highest BCUT2D eigenvalue weighted by molar-refractivity contribution is 5.13. The smallest absolute Gasteiger partial charge is 0.104 e. The number of halogens is 1. The molecule has 0 amide bonds. The van der Waals surface area contributed by atoms with Gasteiger partial charge in [0.15, 0.2) is 0 Å². The zero-order valence-electron chi connectivity index (χ0n) is 21.4. The molecule has 0 radical (unpaired) electrons. The predicted octanol–water partition coefficient (Wildman–Crippen LogP) is 6.31. The van der Waals surface area contributed by atoms with Crippen LogP contribution in [-0.4, -0.2) is 24.1 Å². The third kappa shape index (κ3) is 15.8. The molecular weight excluding hydrogens is 398 g/mol. The van der Waals surface area contributed by atoms with Crippen molar-refractivity contribution in [3.05, 3.63) is 35.9 Å². The molecule has 0 N–H and O–H groups in total. The molecule has 1 rings (SSSR count). The van der Waals surface area contributed by atoms with E-state index in [-0.39, 0.29) is 12.4 Å². The highest BCUT2D eigenvalue weighted by Crippen LogP contribution is 2.21. The first-order valence-corrected chi connectivity index (χ1v) is 13.7. The molecule has 1 aromatic rings. The fraction of sp³-hybridized carbons (Fsp3) is 0.793. The first-order valence-electron chi connectivity index (χ1n) is 13.7. The van der Waals surface area contributed by atoms with Gasteiger partial charge in [-0.3, -0.25) is 0 Å². The summed E-state index contributed by atoms with van der Waals surface area (Å²) >= 11 is 0. The first kappa shape index (κ1) is 30.5. The van der Waals surface area contributed by atoms with Gasteiger partial charge in [-0.15, -0.1) is 0 Å². The quantitative estimate of drug-likeness (QED) is 0.152. The van der Waals surface area contributed by atoms with Gasteiger partial charge in [0.25, 0.3) is 0 Å². The van der Waals surface area contributed by atoms with Gasteiger partial charge in [-0.05, 0) is 25.7 Å². The van der Waals surface area contributed by atoms with Gasteiger partial charge in [0.05, 0.1) is 19.6 Å². The van der Waals surface area contributed by atoms with Crippen LogP contribution in [0, 0.1) is 0 Å². The zero-order chi connectivity index (χ0) is 21.8. The molecule has 0 saturated carbocycles. The summed E-state index contributed by atoms with van der Waals surface area (Å²) in [5.74, 6) is 0. The molecular formula is C29H54ClN. The third-order valence-corrected chi connectivity index (χ3v) is 6.82. The van der Waals surface area contributed by atoms with E-state index in [9.17, 15) is 0 Å². The van der Waals surface area contributed by atoms with Crippen LogP contribution in [0.3, 0.4) is 0 Å². The summed E-state index contributed by atoms with van der Waals surface area (Å²) in [6.07, 6.45) is 22.7. The Balaban J connectivity index is 0.00000900. The van der Waals surface area contributed by atoms with Crippen LogP contribution in [0.2, 0.25) is 0 Å². The van der Waals surface area contributed by atoms with E-state index in [2.05, 4.69) is 51.1 Å². The second kappa shape index (κ2) is 21.3. The van der Waals surface area contributed by atoms with Crippen molar-refractivity contribution in [1.29, 1.82) is 0 Å². The number of hydrogen-bond donors (Lipinski definition) is 0. The lowest BCUT2D eigenvalue weighted by Gasteiger charge is -2.39. The third-order valence-electron chi connectivity index (χ3n) is 6.82. The van der Waals surface area contributed by atoms with E-state index in [0.29, 0.717) is 0 Å². The second-order valence-electron chi connectivity index (χ2n) is 9.75. The van der Waals surface area contributed by atoms with Crippen molar-refractivity contribution in [1.82, 2.24) is 0 Å². The second-order valence-corrected chi connectivity index (χ2v) is 9.75. The largest absolute Gasteiger partial charge is 1.00 e. The van der Waals surface area contributed by atoms with E-state index >= 15 is 0 Å². The van der Waals surface area contributed by atoms with Crippen molar-refractivity contribution >= 4 is 0 Å². The molecule has 0 spiro atoms. The molecule has 182 valence electrons. The topological polar surface area (TPSA) is 0 Å². The molecule has 0 aliphatic rings. The molecule has 2 heteroatoms. The SMILES string of the molecule is CCCCCCCCCCCCCC[N+](CCCC)(CCCC)Cc1ccccc1.[Cl-]. The molecule has 0 heterocycles. The minimum absolute atomic E-state index is 0. The van der Waals surface area contributed by atoms with Crippen molar-refractivity contribution in [3.8, 4) is 0 Å². The molecule has 31 heavy (non-hydrogen) atoms. The molecule has 0 unspecified atom stereocenters. The molecule has 1 nitrogen and oxygen atoms in total. The van der Waals surface area contributed by atoms with Crippen LogP contribution in [-0.2, 0) is 6.54 Å². The molecule has 0 bridgehead atoms. The average Bonchev–Trinajstić information content (AvgIpc) is 2.77. The van der Waals surface area contributed by atoms with Gasteiger partial charge in [0, 0.05) is 5.56 Å². The van der Waals surface area contributed by atoms with Crippen molar-refractivity contribution in [2.45, 2.75) is 130 Å². The standard InChI is InChI=1S/C29H54N.ClH/c1-4-7-10-11-12-13-14-15-16-17-18-22-27-30(25-8-5-2,26-9-6-3)28-29-23-20-19-21-24-29;/h19-21,23-24H,4-18,22,25-28H2,1-3H3;1H/q+1;/p-1. The normalized spacial score (nSPS) is 11.5. The lowest BCUT2D eigenvalue weighted by atomic mass is 10.0. The number of quaternary nitrogens is 1. The lowest BCUT2D eigenvalue weighted by molar-refractivity contribution is -0.941. The summed E-state index contributed by atoms with van der Waals surface area (Å²) in [6, 6.07) is 11.3.